The molecule has 1 unspecified atom stereocenters. The quantitative estimate of drug-likeness (QED) is 0.207. The molecule has 0 aliphatic heterocycles. The van der Waals surface area contributed by atoms with Crippen LogP contribution in [0.25, 0.3) is 15.9 Å². The maximum atomic E-state index is 13.9. The van der Waals surface area contributed by atoms with E-state index in [1.807, 2.05) is 30.3 Å². The summed E-state index contributed by atoms with van der Waals surface area (Å²) in [6, 6.07) is 15.6. The summed E-state index contributed by atoms with van der Waals surface area (Å²) < 4.78 is 28.5. The minimum atomic E-state index is -3.57. The monoisotopic (exact) mass is 596 g/mol. The van der Waals surface area contributed by atoms with Gasteiger partial charge in [-0.25, -0.2) is 13.4 Å². The molecule has 1 N–H and O–H groups in total. The van der Waals surface area contributed by atoms with Crippen LogP contribution in [0, 0.1) is 5.92 Å². The Labute approximate surface area is 242 Å². The van der Waals surface area contributed by atoms with Gasteiger partial charge in [0.05, 0.1) is 21.7 Å². The molecule has 0 saturated heterocycles. The fourth-order valence-corrected chi connectivity index (χ4v) is 8.72. The normalized spacial score (nSPS) is 15.3. The summed E-state index contributed by atoms with van der Waals surface area (Å²) in [5.74, 6) is 0.338. The standard InChI is InChI=1S/C29H32N4O4S3/c1-4-32(5-2)40(36,37)22-14-12-20(13-15-22)30-25(34)18-38-29-31-27-26(23-16-11-19(3)17-24(23)39-27)28(35)33(29)21-9-7-6-8-10-21/h6-10,12-15,19H,4-5,11,16-18H2,1-3H3,(H,30,34). The van der Waals surface area contributed by atoms with Crippen molar-refractivity contribution in [1.29, 1.82) is 0 Å². The maximum Gasteiger partial charge on any atom is 0.267 e. The Morgan fingerprint density at radius 3 is 2.50 bits per heavy atom. The molecule has 5 rings (SSSR count). The van der Waals surface area contributed by atoms with Crippen LogP contribution in [0.2, 0.25) is 0 Å². The van der Waals surface area contributed by atoms with E-state index in [0.29, 0.717) is 40.9 Å². The van der Waals surface area contributed by atoms with E-state index in [1.165, 1.54) is 33.1 Å². The first-order chi connectivity index (χ1) is 19.2. The molecule has 1 aliphatic rings. The van der Waals surface area contributed by atoms with E-state index >= 15 is 0 Å². The molecule has 0 spiro atoms. The van der Waals surface area contributed by atoms with Gasteiger partial charge in [-0.05, 0) is 67.1 Å². The lowest BCUT2D eigenvalue weighted by atomic mass is 9.89. The number of hydrogen-bond acceptors (Lipinski definition) is 7. The van der Waals surface area contributed by atoms with E-state index in [1.54, 1.807) is 41.9 Å². The zero-order valence-electron chi connectivity index (χ0n) is 22.7. The number of nitrogens with one attached hydrogen (secondary N) is 1. The van der Waals surface area contributed by atoms with E-state index in [-0.39, 0.29) is 22.1 Å². The van der Waals surface area contributed by atoms with Gasteiger partial charge >= 0.3 is 0 Å². The number of amides is 1. The molecule has 0 radical (unpaired) electrons. The Hall–Kier alpha value is -2.99. The van der Waals surface area contributed by atoms with Crippen LogP contribution in [0.4, 0.5) is 5.69 Å². The Kier molecular flexibility index (Phi) is 8.46. The predicted molar refractivity (Wildman–Crippen MR) is 162 cm³/mol. The van der Waals surface area contributed by atoms with Crippen LogP contribution in [0.5, 0.6) is 0 Å². The topological polar surface area (TPSA) is 101 Å². The molecular weight excluding hydrogens is 565 g/mol. The number of aryl methyl sites for hydroxylation is 1. The minimum Gasteiger partial charge on any atom is -0.325 e. The van der Waals surface area contributed by atoms with E-state index in [4.69, 9.17) is 4.98 Å². The lowest BCUT2D eigenvalue weighted by Gasteiger charge is -2.18. The number of hydrogen-bond donors (Lipinski definition) is 1. The van der Waals surface area contributed by atoms with Gasteiger partial charge in [0.1, 0.15) is 4.83 Å². The third-order valence-corrected chi connectivity index (χ3v) is 11.3. The first-order valence-electron chi connectivity index (χ1n) is 13.4. The van der Waals surface area contributed by atoms with Crippen molar-refractivity contribution in [2.24, 2.45) is 5.92 Å². The molecule has 2 aromatic heterocycles. The number of benzene rings is 2. The van der Waals surface area contributed by atoms with Gasteiger partial charge in [0.25, 0.3) is 5.56 Å². The molecule has 0 saturated carbocycles. The number of rotatable bonds is 9. The highest BCUT2D eigenvalue weighted by Crippen LogP contribution is 2.37. The van der Waals surface area contributed by atoms with E-state index in [0.717, 1.165) is 29.7 Å². The van der Waals surface area contributed by atoms with Crippen LogP contribution < -0.4 is 10.9 Å². The fourth-order valence-electron chi connectivity index (χ4n) is 5.02. The summed E-state index contributed by atoms with van der Waals surface area (Å²) in [7, 11) is -3.57. The van der Waals surface area contributed by atoms with Crippen molar-refractivity contribution >= 4 is 54.9 Å². The summed E-state index contributed by atoms with van der Waals surface area (Å²) in [4.78, 5) is 33.8. The lowest BCUT2D eigenvalue weighted by Crippen LogP contribution is -2.30. The third kappa shape index (κ3) is 5.60. The van der Waals surface area contributed by atoms with Gasteiger partial charge in [0.2, 0.25) is 15.9 Å². The van der Waals surface area contributed by atoms with Crippen LogP contribution in [0.1, 0.15) is 37.6 Å². The number of thioether (sulfide) groups is 1. The molecule has 4 aromatic rings. The van der Waals surface area contributed by atoms with Crippen LogP contribution >= 0.6 is 23.1 Å². The Morgan fingerprint density at radius 2 is 1.82 bits per heavy atom. The minimum absolute atomic E-state index is 0.0341. The number of para-hydroxylation sites is 1. The Bertz CT molecular complexity index is 1690. The highest BCUT2D eigenvalue weighted by atomic mass is 32.2. The number of sulfonamides is 1. The first kappa shape index (κ1) is 28.5. The second-order valence-corrected chi connectivity index (χ2v) is 13.8. The van der Waals surface area contributed by atoms with Gasteiger partial charge in [0, 0.05) is 23.7 Å². The van der Waals surface area contributed by atoms with Crippen molar-refractivity contribution in [2.75, 3.05) is 24.2 Å². The molecule has 1 atom stereocenters. The number of fused-ring (bicyclic) bond motifs is 3. The molecule has 11 heteroatoms. The van der Waals surface area contributed by atoms with Gasteiger partial charge < -0.3 is 5.32 Å². The number of thiophene rings is 1. The molecule has 1 amide bonds. The Morgan fingerprint density at radius 1 is 1.12 bits per heavy atom. The van der Waals surface area contributed by atoms with Crippen molar-refractivity contribution in [2.45, 2.75) is 50.1 Å². The fraction of sp³-hybridized carbons (Fsp3) is 0.345. The van der Waals surface area contributed by atoms with E-state index in [2.05, 4.69) is 12.2 Å². The van der Waals surface area contributed by atoms with Crippen LogP contribution in [-0.4, -0.2) is 47.0 Å². The molecule has 8 nitrogen and oxygen atoms in total. The van der Waals surface area contributed by atoms with E-state index < -0.39 is 10.0 Å². The molecule has 0 fully saturated rings. The average molecular weight is 597 g/mol. The van der Waals surface area contributed by atoms with Gasteiger partial charge in [-0.1, -0.05) is 50.7 Å². The first-order valence-corrected chi connectivity index (χ1v) is 16.6. The highest BCUT2D eigenvalue weighted by molar-refractivity contribution is 7.99. The van der Waals surface area contributed by atoms with Gasteiger partial charge in [-0.2, -0.15) is 4.31 Å². The average Bonchev–Trinajstić information content (AvgIpc) is 3.31. The molecule has 2 aromatic carbocycles. The second-order valence-electron chi connectivity index (χ2n) is 9.85. The smallest absolute Gasteiger partial charge is 0.267 e. The Balaban J connectivity index is 1.39. The lowest BCUT2D eigenvalue weighted by molar-refractivity contribution is -0.113. The van der Waals surface area contributed by atoms with Gasteiger partial charge in [0.15, 0.2) is 5.16 Å². The summed E-state index contributed by atoms with van der Waals surface area (Å²) in [5, 5.41) is 3.99. The van der Waals surface area contributed by atoms with Crippen molar-refractivity contribution in [3.05, 3.63) is 75.4 Å². The predicted octanol–water partition coefficient (Wildman–Crippen LogP) is 5.33. The molecule has 1 aliphatic carbocycles. The zero-order valence-corrected chi connectivity index (χ0v) is 25.2. The van der Waals surface area contributed by atoms with Crippen molar-refractivity contribution < 1.29 is 13.2 Å². The van der Waals surface area contributed by atoms with E-state index in [9.17, 15) is 18.0 Å². The number of carbonyl (C=O) groups excluding carboxylic acids is 1. The van der Waals surface area contributed by atoms with Crippen LogP contribution in [0.3, 0.4) is 0 Å². The van der Waals surface area contributed by atoms with Crippen LogP contribution in [0.15, 0.2) is 69.4 Å². The molecular formula is C29H32N4O4S3. The molecule has 0 bridgehead atoms. The van der Waals surface area contributed by atoms with Crippen molar-refractivity contribution in [3.63, 3.8) is 0 Å². The highest BCUT2D eigenvalue weighted by Gasteiger charge is 2.26. The number of aromatic nitrogens is 2. The summed E-state index contributed by atoms with van der Waals surface area (Å²) >= 11 is 2.80. The summed E-state index contributed by atoms with van der Waals surface area (Å²) in [6.45, 7) is 6.60. The summed E-state index contributed by atoms with van der Waals surface area (Å²) in [6.07, 6.45) is 2.90. The molecule has 2 heterocycles. The SMILES string of the molecule is CCN(CC)S(=O)(=O)c1ccc(NC(=O)CSc2nc3sc4c(c3c(=O)n2-c2ccccc2)CCC(C)C4)cc1. The summed E-state index contributed by atoms with van der Waals surface area (Å²) in [5.41, 5.74) is 2.23. The number of carbonyl (C=O) groups is 1. The molecule has 40 heavy (non-hydrogen) atoms. The van der Waals surface area contributed by atoms with Crippen molar-refractivity contribution in [1.82, 2.24) is 13.9 Å². The third-order valence-electron chi connectivity index (χ3n) is 7.13. The number of nitrogens with zero attached hydrogens (tertiary/aromatic N) is 3. The second kappa shape index (κ2) is 11.9. The van der Waals surface area contributed by atoms with Crippen LogP contribution in [-0.2, 0) is 27.7 Å². The van der Waals surface area contributed by atoms with Gasteiger partial charge in [-0.15, -0.1) is 11.3 Å². The molecule has 210 valence electrons. The van der Waals surface area contributed by atoms with Gasteiger partial charge in [-0.3, -0.25) is 14.2 Å². The zero-order chi connectivity index (χ0) is 28.4. The van der Waals surface area contributed by atoms with Crippen molar-refractivity contribution in [3.8, 4) is 5.69 Å². The number of anilines is 1. The largest absolute Gasteiger partial charge is 0.325 e. The maximum absolute atomic E-state index is 13.9.